The monoisotopic (exact) mass is 290 g/mol. The SMILES string of the molecule is CCCOc1cc(C)nc(N(CC2CCCN2)C2CC2)n1. The minimum Gasteiger partial charge on any atom is -0.478 e. The molecule has 116 valence electrons. The van der Waals surface area contributed by atoms with Crippen molar-refractivity contribution >= 4 is 5.95 Å². The Labute approximate surface area is 127 Å². The van der Waals surface area contributed by atoms with Gasteiger partial charge in [0.2, 0.25) is 11.8 Å². The first-order chi connectivity index (χ1) is 10.3. The molecule has 2 heterocycles. The van der Waals surface area contributed by atoms with E-state index < -0.39 is 0 Å². The summed E-state index contributed by atoms with van der Waals surface area (Å²) < 4.78 is 5.70. The summed E-state index contributed by atoms with van der Waals surface area (Å²) in [7, 11) is 0. The van der Waals surface area contributed by atoms with E-state index in [-0.39, 0.29) is 0 Å². The molecule has 1 N–H and O–H groups in total. The van der Waals surface area contributed by atoms with Crippen molar-refractivity contribution in [2.75, 3.05) is 24.6 Å². The summed E-state index contributed by atoms with van der Waals surface area (Å²) >= 11 is 0. The normalized spacial score (nSPS) is 21.5. The zero-order valence-electron chi connectivity index (χ0n) is 13.1. The van der Waals surface area contributed by atoms with Crippen LogP contribution in [0.1, 0.15) is 44.7 Å². The smallest absolute Gasteiger partial charge is 0.229 e. The zero-order chi connectivity index (χ0) is 14.7. The van der Waals surface area contributed by atoms with Crippen LogP contribution < -0.4 is 15.0 Å². The summed E-state index contributed by atoms with van der Waals surface area (Å²) in [6.07, 6.45) is 6.05. The van der Waals surface area contributed by atoms with Crippen molar-refractivity contribution in [1.82, 2.24) is 15.3 Å². The van der Waals surface area contributed by atoms with Crippen molar-refractivity contribution in [2.24, 2.45) is 0 Å². The fourth-order valence-corrected chi connectivity index (χ4v) is 2.86. The lowest BCUT2D eigenvalue weighted by molar-refractivity contribution is 0.304. The lowest BCUT2D eigenvalue weighted by atomic mass is 10.2. The fourth-order valence-electron chi connectivity index (χ4n) is 2.86. The molecule has 5 nitrogen and oxygen atoms in total. The molecule has 0 aromatic carbocycles. The molecule has 1 unspecified atom stereocenters. The zero-order valence-corrected chi connectivity index (χ0v) is 13.1. The number of anilines is 1. The highest BCUT2D eigenvalue weighted by Gasteiger charge is 2.33. The Balaban J connectivity index is 1.75. The van der Waals surface area contributed by atoms with E-state index in [9.17, 15) is 0 Å². The number of aromatic nitrogens is 2. The second-order valence-electron chi connectivity index (χ2n) is 6.17. The van der Waals surface area contributed by atoms with Gasteiger partial charge in [0.15, 0.2) is 0 Å². The Morgan fingerprint density at radius 1 is 1.33 bits per heavy atom. The predicted octanol–water partition coefficient (Wildman–Crippen LogP) is 2.29. The van der Waals surface area contributed by atoms with Crippen LogP contribution in [0.4, 0.5) is 5.95 Å². The summed E-state index contributed by atoms with van der Waals surface area (Å²) in [5.74, 6) is 1.56. The molecule has 1 saturated heterocycles. The molecule has 5 heteroatoms. The third-order valence-corrected chi connectivity index (χ3v) is 4.10. The summed E-state index contributed by atoms with van der Waals surface area (Å²) in [6, 6.07) is 3.13. The molecule has 21 heavy (non-hydrogen) atoms. The van der Waals surface area contributed by atoms with Gasteiger partial charge in [-0.3, -0.25) is 0 Å². The molecular formula is C16H26N4O. The van der Waals surface area contributed by atoms with Gasteiger partial charge in [0.1, 0.15) is 0 Å². The number of hydrogen-bond donors (Lipinski definition) is 1. The summed E-state index contributed by atoms with van der Waals surface area (Å²) in [4.78, 5) is 11.7. The number of ether oxygens (including phenoxy) is 1. The molecule has 1 saturated carbocycles. The first-order valence-corrected chi connectivity index (χ1v) is 8.24. The van der Waals surface area contributed by atoms with Gasteiger partial charge in [-0.2, -0.15) is 4.98 Å². The van der Waals surface area contributed by atoms with Gasteiger partial charge < -0.3 is 15.0 Å². The van der Waals surface area contributed by atoms with Gasteiger partial charge in [-0.15, -0.1) is 0 Å². The Morgan fingerprint density at radius 2 is 2.19 bits per heavy atom. The Hall–Kier alpha value is -1.36. The van der Waals surface area contributed by atoms with Crippen LogP contribution in [0.25, 0.3) is 0 Å². The standard InChI is InChI=1S/C16H26N4O/c1-3-9-21-15-10-12(2)18-16(19-15)20(14-6-7-14)11-13-5-4-8-17-13/h10,13-14,17H,3-9,11H2,1-2H3. The molecule has 0 amide bonds. The van der Waals surface area contributed by atoms with Crippen molar-refractivity contribution in [1.29, 1.82) is 0 Å². The van der Waals surface area contributed by atoms with Gasteiger partial charge in [0.05, 0.1) is 6.61 Å². The third kappa shape index (κ3) is 3.84. The highest BCUT2D eigenvalue weighted by Crippen LogP contribution is 2.31. The van der Waals surface area contributed by atoms with Crippen LogP contribution in [0, 0.1) is 6.92 Å². The molecule has 1 aromatic rings. The first kappa shape index (κ1) is 14.6. The quantitative estimate of drug-likeness (QED) is 0.835. The van der Waals surface area contributed by atoms with Crippen LogP contribution >= 0.6 is 0 Å². The van der Waals surface area contributed by atoms with Gasteiger partial charge >= 0.3 is 0 Å². The minimum absolute atomic E-state index is 0.578. The van der Waals surface area contributed by atoms with Crippen molar-refractivity contribution in [3.63, 3.8) is 0 Å². The average Bonchev–Trinajstić information content (AvgIpc) is 3.18. The second kappa shape index (κ2) is 6.60. The molecule has 1 aliphatic carbocycles. The molecule has 2 aliphatic rings. The van der Waals surface area contributed by atoms with Crippen molar-refractivity contribution in [3.05, 3.63) is 11.8 Å². The van der Waals surface area contributed by atoms with Crippen LogP contribution in [0.5, 0.6) is 5.88 Å². The Bertz CT molecular complexity index is 469. The lowest BCUT2D eigenvalue weighted by Crippen LogP contribution is -2.40. The van der Waals surface area contributed by atoms with Crippen molar-refractivity contribution in [2.45, 2.75) is 58.0 Å². The maximum atomic E-state index is 5.70. The highest BCUT2D eigenvalue weighted by molar-refractivity contribution is 5.38. The number of rotatable bonds is 7. The summed E-state index contributed by atoms with van der Waals surface area (Å²) in [5, 5.41) is 3.57. The molecule has 1 atom stereocenters. The topological polar surface area (TPSA) is 50.3 Å². The van der Waals surface area contributed by atoms with E-state index in [1.54, 1.807) is 0 Å². The van der Waals surface area contributed by atoms with Gasteiger partial charge in [0, 0.05) is 30.4 Å². The van der Waals surface area contributed by atoms with E-state index in [1.807, 2.05) is 13.0 Å². The van der Waals surface area contributed by atoms with Gasteiger partial charge in [-0.25, -0.2) is 4.98 Å². The molecule has 1 aromatic heterocycles. The number of aryl methyl sites for hydroxylation is 1. The lowest BCUT2D eigenvalue weighted by Gasteiger charge is -2.26. The fraction of sp³-hybridized carbons (Fsp3) is 0.750. The molecule has 2 fully saturated rings. The van der Waals surface area contributed by atoms with Gasteiger partial charge in [0.25, 0.3) is 0 Å². The van der Waals surface area contributed by atoms with Gasteiger partial charge in [-0.1, -0.05) is 6.92 Å². The van der Waals surface area contributed by atoms with Crippen LogP contribution in [0.3, 0.4) is 0 Å². The summed E-state index contributed by atoms with van der Waals surface area (Å²) in [6.45, 7) is 6.99. The van der Waals surface area contributed by atoms with E-state index in [2.05, 4.69) is 27.1 Å². The highest BCUT2D eigenvalue weighted by atomic mass is 16.5. The molecule has 0 bridgehead atoms. The molecule has 0 spiro atoms. The van der Waals surface area contributed by atoms with E-state index in [1.165, 1.54) is 25.7 Å². The number of hydrogen-bond acceptors (Lipinski definition) is 5. The van der Waals surface area contributed by atoms with Crippen molar-refractivity contribution < 1.29 is 4.74 Å². The maximum Gasteiger partial charge on any atom is 0.229 e. The minimum atomic E-state index is 0.578. The van der Waals surface area contributed by atoms with Crippen LogP contribution in [-0.4, -0.2) is 41.7 Å². The largest absolute Gasteiger partial charge is 0.478 e. The van der Waals surface area contributed by atoms with Gasteiger partial charge in [-0.05, 0) is 45.6 Å². The Morgan fingerprint density at radius 3 is 2.86 bits per heavy atom. The van der Waals surface area contributed by atoms with E-state index in [4.69, 9.17) is 4.74 Å². The Kier molecular flexibility index (Phi) is 4.58. The number of nitrogens with zero attached hydrogens (tertiary/aromatic N) is 3. The average molecular weight is 290 g/mol. The second-order valence-corrected chi connectivity index (χ2v) is 6.17. The maximum absolute atomic E-state index is 5.70. The van der Waals surface area contributed by atoms with E-state index in [0.717, 1.165) is 31.2 Å². The third-order valence-electron chi connectivity index (χ3n) is 4.10. The number of nitrogens with one attached hydrogen (secondary N) is 1. The molecule has 1 aliphatic heterocycles. The first-order valence-electron chi connectivity index (χ1n) is 8.24. The van der Waals surface area contributed by atoms with E-state index in [0.29, 0.717) is 24.6 Å². The van der Waals surface area contributed by atoms with Crippen LogP contribution in [0.15, 0.2) is 6.07 Å². The summed E-state index contributed by atoms with van der Waals surface area (Å²) in [5.41, 5.74) is 0.983. The predicted molar refractivity (Wildman–Crippen MR) is 83.9 cm³/mol. The van der Waals surface area contributed by atoms with Crippen molar-refractivity contribution in [3.8, 4) is 5.88 Å². The van der Waals surface area contributed by atoms with Crippen LogP contribution in [0.2, 0.25) is 0 Å². The van der Waals surface area contributed by atoms with E-state index >= 15 is 0 Å². The molecular weight excluding hydrogens is 264 g/mol. The van der Waals surface area contributed by atoms with Crippen LogP contribution in [-0.2, 0) is 0 Å². The molecule has 0 radical (unpaired) electrons. The molecule has 3 rings (SSSR count).